The van der Waals surface area contributed by atoms with E-state index in [1.807, 2.05) is 0 Å². The van der Waals surface area contributed by atoms with Crippen LogP contribution >= 0.6 is 0 Å². The van der Waals surface area contributed by atoms with E-state index in [1.165, 1.54) is 6.42 Å². The van der Waals surface area contributed by atoms with Gasteiger partial charge in [-0.2, -0.15) is 0 Å². The van der Waals surface area contributed by atoms with Crippen LogP contribution in [0, 0.1) is 0 Å². The number of carbonyl (C=O) groups is 1. The second-order valence-electron chi connectivity index (χ2n) is 4.47. The summed E-state index contributed by atoms with van der Waals surface area (Å²) in [5.41, 5.74) is 1.13. The second-order valence-corrected chi connectivity index (χ2v) is 6.46. The van der Waals surface area contributed by atoms with E-state index in [0.717, 1.165) is 31.3 Å². The van der Waals surface area contributed by atoms with Gasteiger partial charge >= 0.3 is 5.97 Å². The molecule has 0 aliphatic carbocycles. The molecular weight excluding hydrogens is 224 g/mol. The quantitative estimate of drug-likeness (QED) is 0.549. The first-order chi connectivity index (χ1) is 7.70. The molecule has 2 aliphatic rings. The summed E-state index contributed by atoms with van der Waals surface area (Å²) >= 11 is 0. The standard InChI is InChI=1S/C12H18O3S/c1-2-15-12(13)8-9-6-10-4-3-5-11(7-9)16(10)14/h8,10-11H,2-7H2,1H3. The molecule has 0 amide bonds. The minimum atomic E-state index is -0.668. The Balaban J connectivity index is 2.04. The van der Waals surface area contributed by atoms with E-state index >= 15 is 0 Å². The van der Waals surface area contributed by atoms with Gasteiger partial charge in [0.2, 0.25) is 0 Å². The minimum absolute atomic E-state index is 0.247. The predicted molar refractivity (Wildman–Crippen MR) is 63.5 cm³/mol. The summed E-state index contributed by atoms with van der Waals surface area (Å²) in [6.45, 7) is 2.22. The lowest BCUT2D eigenvalue weighted by atomic mass is 9.94. The summed E-state index contributed by atoms with van der Waals surface area (Å²) < 4.78 is 16.8. The van der Waals surface area contributed by atoms with Gasteiger partial charge in [-0.15, -0.1) is 0 Å². The Morgan fingerprint density at radius 2 is 2.06 bits per heavy atom. The van der Waals surface area contributed by atoms with Gasteiger partial charge in [-0.3, -0.25) is 4.21 Å². The van der Waals surface area contributed by atoms with Crippen molar-refractivity contribution in [3.63, 3.8) is 0 Å². The third-order valence-corrected chi connectivity index (χ3v) is 5.42. The van der Waals surface area contributed by atoms with E-state index < -0.39 is 10.8 Å². The van der Waals surface area contributed by atoms with Crippen molar-refractivity contribution in [1.82, 2.24) is 0 Å². The van der Waals surface area contributed by atoms with E-state index in [1.54, 1.807) is 13.0 Å². The van der Waals surface area contributed by atoms with Gasteiger partial charge < -0.3 is 4.74 Å². The lowest BCUT2D eigenvalue weighted by Gasteiger charge is -2.34. The molecule has 0 aromatic heterocycles. The topological polar surface area (TPSA) is 43.4 Å². The maximum atomic E-state index is 11.9. The van der Waals surface area contributed by atoms with Crippen molar-refractivity contribution >= 4 is 16.8 Å². The number of allylic oxidation sites excluding steroid dienone is 1. The Labute approximate surface area is 98.7 Å². The van der Waals surface area contributed by atoms with E-state index in [9.17, 15) is 9.00 Å². The molecule has 90 valence electrons. The van der Waals surface area contributed by atoms with Gasteiger partial charge in [-0.05, 0) is 32.6 Å². The zero-order valence-electron chi connectivity index (χ0n) is 9.61. The first-order valence-electron chi connectivity index (χ1n) is 5.96. The summed E-state index contributed by atoms with van der Waals surface area (Å²) in [5.74, 6) is -0.247. The molecule has 4 heteroatoms. The van der Waals surface area contributed by atoms with Crippen LogP contribution in [0.25, 0.3) is 0 Å². The first-order valence-corrected chi connectivity index (χ1v) is 7.24. The highest BCUT2D eigenvalue weighted by atomic mass is 32.2. The second kappa shape index (κ2) is 5.13. The van der Waals surface area contributed by atoms with Crippen LogP contribution in [-0.2, 0) is 20.3 Å². The molecule has 2 saturated heterocycles. The molecule has 2 bridgehead atoms. The molecule has 0 radical (unpaired) electrons. The average Bonchev–Trinajstić information content (AvgIpc) is 2.20. The zero-order chi connectivity index (χ0) is 11.5. The fourth-order valence-corrected chi connectivity index (χ4v) is 4.68. The van der Waals surface area contributed by atoms with Crippen LogP contribution in [-0.4, -0.2) is 27.3 Å². The molecule has 2 rings (SSSR count). The molecule has 0 spiro atoms. The fourth-order valence-electron chi connectivity index (χ4n) is 2.58. The Hall–Kier alpha value is -0.640. The average molecular weight is 242 g/mol. The molecule has 3 nitrogen and oxygen atoms in total. The molecule has 0 aromatic carbocycles. The van der Waals surface area contributed by atoms with E-state index in [0.29, 0.717) is 6.61 Å². The van der Waals surface area contributed by atoms with Gasteiger partial charge in [-0.25, -0.2) is 4.79 Å². The molecule has 0 N–H and O–H groups in total. The lowest BCUT2D eigenvalue weighted by molar-refractivity contribution is -0.137. The summed E-state index contributed by atoms with van der Waals surface area (Å²) in [7, 11) is -0.668. The van der Waals surface area contributed by atoms with Crippen molar-refractivity contribution in [1.29, 1.82) is 0 Å². The van der Waals surface area contributed by atoms with Gasteiger partial charge in [0.15, 0.2) is 0 Å². The molecule has 16 heavy (non-hydrogen) atoms. The van der Waals surface area contributed by atoms with Crippen LogP contribution in [0.15, 0.2) is 11.6 Å². The van der Waals surface area contributed by atoms with Gasteiger partial charge in [0.25, 0.3) is 0 Å². The maximum Gasteiger partial charge on any atom is 0.330 e. The zero-order valence-corrected chi connectivity index (χ0v) is 10.4. The van der Waals surface area contributed by atoms with Crippen LogP contribution < -0.4 is 0 Å². The third kappa shape index (κ3) is 2.54. The van der Waals surface area contributed by atoms with Crippen LogP contribution in [0.5, 0.6) is 0 Å². The molecule has 2 unspecified atom stereocenters. The van der Waals surface area contributed by atoms with Crippen LogP contribution in [0.4, 0.5) is 0 Å². The smallest absolute Gasteiger partial charge is 0.330 e. The monoisotopic (exact) mass is 242 g/mol. The SMILES string of the molecule is CCOC(=O)C=C1CC2CCCC(C1)S2=O. The molecule has 2 atom stereocenters. The van der Waals surface area contributed by atoms with Crippen molar-refractivity contribution in [2.75, 3.05) is 6.61 Å². The first kappa shape index (κ1) is 11.8. The van der Waals surface area contributed by atoms with Crippen molar-refractivity contribution in [2.24, 2.45) is 0 Å². The molecule has 2 fully saturated rings. The number of hydrogen-bond donors (Lipinski definition) is 0. The Morgan fingerprint density at radius 1 is 1.44 bits per heavy atom. The van der Waals surface area contributed by atoms with Crippen LogP contribution in [0.1, 0.15) is 39.0 Å². The van der Waals surface area contributed by atoms with Crippen molar-refractivity contribution in [2.45, 2.75) is 49.5 Å². The Bertz CT molecular complexity index is 317. The number of ether oxygens (including phenoxy) is 1. The number of rotatable bonds is 2. The highest BCUT2D eigenvalue weighted by molar-refractivity contribution is 7.86. The van der Waals surface area contributed by atoms with E-state index in [4.69, 9.17) is 4.74 Å². The van der Waals surface area contributed by atoms with E-state index in [2.05, 4.69) is 0 Å². The van der Waals surface area contributed by atoms with Crippen molar-refractivity contribution in [3.05, 3.63) is 11.6 Å². The molecular formula is C12H18O3S. The van der Waals surface area contributed by atoms with Gasteiger partial charge in [0, 0.05) is 27.4 Å². The highest BCUT2D eigenvalue weighted by Crippen LogP contribution is 2.36. The molecule has 2 heterocycles. The summed E-state index contributed by atoms with van der Waals surface area (Å²) in [5, 5.41) is 0.571. The number of esters is 1. The van der Waals surface area contributed by atoms with Crippen LogP contribution in [0.2, 0.25) is 0 Å². The van der Waals surface area contributed by atoms with E-state index in [-0.39, 0.29) is 16.5 Å². The van der Waals surface area contributed by atoms with Crippen LogP contribution in [0.3, 0.4) is 0 Å². The largest absolute Gasteiger partial charge is 0.463 e. The summed E-state index contributed by atoms with van der Waals surface area (Å²) in [4.78, 5) is 11.3. The third-order valence-electron chi connectivity index (χ3n) is 3.30. The minimum Gasteiger partial charge on any atom is -0.463 e. The lowest BCUT2D eigenvalue weighted by Crippen LogP contribution is -2.36. The van der Waals surface area contributed by atoms with Gasteiger partial charge in [0.1, 0.15) is 0 Å². The molecule has 0 saturated carbocycles. The summed E-state index contributed by atoms with van der Waals surface area (Å²) in [6, 6.07) is 0. The Kier molecular flexibility index (Phi) is 3.79. The summed E-state index contributed by atoms with van der Waals surface area (Å²) in [6.07, 6.45) is 6.54. The molecule has 0 aromatic rings. The van der Waals surface area contributed by atoms with Gasteiger partial charge in [0.05, 0.1) is 6.61 Å². The maximum absolute atomic E-state index is 11.9. The normalized spacial score (nSPS) is 33.3. The predicted octanol–water partition coefficient (Wildman–Crippen LogP) is 1.94. The number of carbonyl (C=O) groups excluding carboxylic acids is 1. The number of hydrogen-bond acceptors (Lipinski definition) is 3. The Morgan fingerprint density at radius 3 is 2.62 bits per heavy atom. The fraction of sp³-hybridized carbons (Fsp3) is 0.750. The van der Waals surface area contributed by atoms with Gasteiger partial charge in [-0.1, -0.05) is 12.0 Å². The van der Waals surface area contributed by atoms with Crippen molar-refractivity contribution < 1.29 is 13.7 Å². The highest BCUT2D eigenvalue weighted by Gasteiger charge is 2.35. The number of fused-ring (bicyclic) bond motifs is 2. The van der Waals surface area contributed by atoms with Crippen molar-refractivity contribution in [3.8, 4) is 0 Å². The molecule has 2 aliphatic heterocycles.